The predicted octanol–water partition coefficient (Wildman–Crippen LogP) is 3.84. The molecule has 0 atom stereocenters. The van der Waals surface area contributed by atoms with Gasteiger partial charge in [0, 0.05) is 17.7 Å². The lowest BCUT2D eigenvalue weighted by atomic mass is 10.1. The summed E-state index contributed by atoms with van der Waals surface area (Å²) in [7, 11) is 1.61. The van der Waals surface area contributed by atoms with Crippen LogP contribution in [0.3, 0.4) is 0 Å². The molecule has 2 heterocycles. The molecule has 0 N–H and O–H groups in total. The van der Waals surface area contributed by atoms with Gasteiger partial charge in [-0.1, -0.05) is 11.2 Å². The highest BCUT2D eigenvalue weighted by Gasteiger charge is 2.12. The van der Waals surface area contributed by atoms with Crippen molar-refractivity contribution in [1.29, 1.82) is 0 Å². The van der Waals surface area contributed by atoms with Crippen molar-refractivity contribution < 1.29 is 28.3 Å². The Hall–Kier alpha value is -3.74. The van der Waals surface area contributed by atoms with Crippen LogP contribution in [0.5, 0.6) is 17.2 Å². The van der Waals surface area contributed by atoms with Crippen LogP contribution < -0.4 is 14.2 Å². The zero-order valence-electron chi connectivity index (χ0n) is 15.1. The number of carbonyl (C=O) groups excluding carboxylic acids is 1. The fraction of sp³-hybridized carbons (Fsp3) is 0.143. The van der Waals surface area contributed by atoms with E-state index in [0.717, 1.165) is 16.9 Å². The van der Waals surface area contributed by atoms with Crippen molar-refractivity contribution in [2.24, 2.45) is 0 Å². The second-order valence-electron chi connectivity index (χ2n) is 5.96. The first-order valence-electron chi connectivity index (χ1n) is 8.56. The molecule has 0 saturated heterocycles. The van der Waals surface area contributed by atoms with E-state index in [2.05, 4.69) is 5.16 Å². The van der Waals surface area contributed by atoms with E-state index in [1.807, 2.05) is 30.3 Å². The van der Waals surface area contributed by atoms with Crippen molar-refractivity contribution in [3.05, 3.63) is 65.9 Å². The van der Waals surface area contributed by atoms with Gasteiger partial charge in [0.1, 0.15) is 18.1 Å². The molecule has 0 bridgehead atoms. The lowest BCUT2D eigenvalue weighted by Crippen LogP contribution is -2.00. The van der Waals surface area contributed by atoms with Crippen molar-refractivity contribution in [2.45, 2.75) is 6.61 Å². The van der Waals surface area contributed by atoms with Crippen LogP contribution in [0.15, 0.2) is 59.1 Å². The number of hydrogen-bond acceptors (Lipinski definition) is 7. The average Bonchev–Trinajstić information content (AvgIpc) is 3.39. The highest BCUT2D eigenvalue weighted by molar-refractivity contribution is 5.87. The summed E-state index contributed by atoms with van der Waals surface area (Å²) in [4.78, 5) is 11.9. The molecular weight excluding hydrogens is 362 g/mol. The molecule has 4 rings (SSSR count). The van der Waals surface area contributed by atoms with Gasteiger partial charge in [0.15, 0.2) is 17.3 Å². The number of methoxy groups -OCH3 is 1. The smallest absolute Gasteiger partial charge is 0.331 e. The largest absolute Gasteiger partial charge is 0.497 e. The van der Waals surface area contributed by atoms with Crippen LogP contribution in [0.1, 0.15) is 11.3 Å². The van der Waals surface area contributed by atoms with Crippen LogP contribution in [-0.4, -0.2) is 25.0 Å². The molecule has 2 aromatic carbocycles. The fourth-order valence-electron chi connectivity index (χ4n) is 2.65. The third-order valence-corrected chi connectivity index (χ3v) is 4.10. The maximum Gasteiger partial charge on any atom is 0.331 e. The molecule has 1 aromatic heterocycles. The number of fused-ring (bicyclic) bond motifs is 1. The first-order valence-corrected chi connectivity index (χ1v) is 8.56. The maximum absolute atomic E-state index is 11.9. The van der Waals surface area contributed by atoms with E-state index in [1.165, 1.54) is 6.08 Å². The standard InChI is InChI=1S/C21H17NO6/c1-24-17-6-4-15(5-7-17)19-11-16(22-28-19)12-25-21(23)9-3-14-2-8-18-20(10-14)27-13-26-18/h2-11H,12-13H2,1H3/b9-3-. The highest BCUT2D eigenvalue weighted by Crippen LogP contribution is 2.32. The van der Waals surface area contributed by atoms with Crippen LogP contribution in [0.25, 0.3) is 17.4 Å². The third-order valence-electron chi connectivity index (χ3n) is 4.10. The van der Waals surface area contributed by atoms with Crippen LogP contribution in [0.2, 0.25) is 0 Å². The Morgan fingerprint density at radius 2 is 1.93 bits per heavy atom. The van der Waals surface area contributed by atoms with Crippen molar-refractivity contribution in [3.63, 3.8) is 0 Å². The number of hydrogen-bond donors (Lipinski definition) is 0. The summed E-state index contributed by atoms with van der Waals surface area (Å²) < 4.78 is 26.2. The molecule has 0 radical (unpaired) electrons. The van der Waals surface area contributed by atoms with E-state index in [1.54, 1.807) is 31.4 Å². The summed E-state index contributed by atoms with van der Waals surface area (Å²) in [6.45, 7) is 0.227. The van der Waals surface area contributed by atoms with Gasteiger partial charge in [0.2, 0.25) is 6.79 Å². The molecular formula is C21H17NO6. The highest BCUT2D eigenvalue weighted by atomic mass is 16.7. The SMILES string of the molecule is COc1ccc(-c2cc(COC(=O)/C=C\c3ccc4c(c3)OCO4)no2)cc1. The van der Waals surface area contributed by atoms with Crippen molar-refractivity contribution in [1.82, 2.24) is 5.16 Å². The van der Waals surface area contributed by atoms with Crippen molar-refractivity contribution in [3.8, 4) is 28.6 Å². The number of aromatic nitrogens is 1. The van der Waals surface area contributed by atoms with E-state index in [4.69, 9.17) is 23.5 Å². The van der Waals surface area contributed by atoms with Crippen molar-refractivity contribution >= 4 is 12.0 Å². The summed E-state index contributed by atoms with van der Waals surface area (Å²) in [5, 5.41) is 3.93. The molecule has 1 aliphatic heterocycles. The molecule has 0 unspecified atom stereocenters. The zero-order valence-corrected chi connectivity index (χ0v) is 15.1. The Kier molecular flexibility index (Phi) is 4.97. The Bertz CT molecular complexity index is 1010. The molecule has 142 valence electrons. The number of esters is 1. The van der Waals surface area contributed by atoms with Gasteiger partial charge in [0.25, 0.3) is 0 Å². The Labute approximate surface area is 161 Å². The van der Waals surface area contributed by atoms with Crippen molar-refractivity contribution in [2.75, 3.05) is 13.9 Å². The molecule has 7 nitrogen and oxygen atoms in total. The Morgan fingerprint density at radius 3 is 2.75 bits per heavy atom. The van der Waals surface area contributed by atoms with Gasteiger partial charge in [-0.25, -0.2) is 4.79 Å². The van der Waals surface area contributed by atoms with Gasteiger partial charge in [-0.05, 0) is 48.0 Å². The normalized spacial score (nSPS) is 12.3. The molecule has 3 aromatic rings. The number of carbonyl (C=O) groups is 1. The van der Waals surface area contributed by atoms with E-state index in [9.17, 15) is 4.79 Å². The minimum absolute atomic E-state index is 0.0178. The van der Waals surface area contributed by atoms with Crippen LogP contribution in [-0.2, 0) is 16.1 Å². The second-order valence-corrected chi connectivity index (χ2v) is 5.96. The summed E-state index contributed by atoms with van der Waals surface area (Å²) in [6.07, 6.45) is 3.00. The van der Waals surface area contributed by atoms with E-state index in [0.29, 0.717) is 23.0 Å². The molecule has 0 aliphatic carbocycles. The Balaban J connectivity index is 1.33. The quantitative estimate of drug-likeness (QED) is 0.475. The molecule has 28 heavy (non-hydrogen) atoms. The molecule has 0 fully saturated rings. The first-order chi connectivity index (χ1) is 13.7. The van der Waals surface area contributed by atoms with Gasteiger partial charge >= 0.3 is 5.97 Å². The lowest BCUT2D eigenvalue weighted by Gasteiger charge is -1.99. The Morgan fingerprint density at radius 1 is 1.11 bits per heavy atom. The van der Waals surface area contributed by atoms with E-state index in [-0.39, 0.29) is 13.4 Å². The third kappa shape index (κ3) is 3.98. The van der Waals surface area contributed by atoms with Crippen LogP contribution in [0.4, 0.5) is 0 Å². The minimum atomic E-state index is -0.480. The summed E-state index contributed by atoms with van der Waals surface area (Å²) in [5.74, 6) is 2.21. The molecule has 0 saturated carbocycles. The minimum Gasteiger partial charge on any atom is -0.497 e. The fourth-order valence-corrected chi connectivity index (χ4v) is 2.65. The van der Waals surface area contributed by atoms with Crippen LogP contribution in [0, 0.1) is 0 Å². The maximum atomic E-state index is 11.9. The predicted molar refractivity (Wildman–Crippen MR) is 99.9 cm³/mol. The van der Waals surface area contributed by atoms with E-state index >= 15 is 0 Å². The first kappa shape index (κ1) is 17.7. The van der Waals surface area contributed by atoms with E-state index < -0.39 is 5.97 Å². The number of rotatable bonds is 6. The second kappa shape index (κ2) is 7.87. The van der Waals surface area contributed by atoms with Gasteiger partial charge in [-0.2, -0.15) is 0 Å². The average molecular weight is 379 g/mol. The van der Waals surface area contributed by atoms with Gasteiger partial charge in [-0.15, -0.1) is 0 Å². The van der Waals surface area contributed by atoms with Gasteiger partial charge in [0.05, 0.1) is 7.11 Å². The topological polar surface area (TPSA) is 80.0 Å². The zero-order chi connectivity index (χ0) is 19.3. The van der Waals surface area contributed by atoms with Gasteiger partial charge in [-0.3, -0.25) is 0 Å². The summed E-state index contributed by atoms with van der Waals surface area (Å²) >= 11 is 0. The number of nitrogens with zero attached hydrogens (tertiary/aromatic N) is 1. The summed E-state index contributed by atoms with van der Waals surface area (Å²) in [6, 6.07) is 14.5. The molecule has 0 spiro atoms. The molecule has 7 heteroatoms. The number of benzene rings is 2. The summed E-state index contributed by atoms with van der Waals surface area (Å²) in [5.41, 5.74) is 2.19. The van der Waals surface area contributed by atoms with Crippen LogP contribution >= 0.6 is 0 Å². The van der Waals surface area contributed by atoms with Gasteiger partial charge < -0.3 is 23.5 Å². The number of ether oxygens (including phenoxy) is 4. The molecule has 1 aliphatic rings. The lowest BCUT2D eigenvalue weighted by molar-refractivity contribution is -0.139. The molecule has 0 amide bonds. The monoisotopic (exact) mass is 379 g/mol.